The Morgan fingerprint density at radius 2 is 2.33 bits per heavy atom. The van der Waals surface area contributed by atoms with E-state index in [9.17, 15) is 5.11 Å². The molecule has 1 aliphatic carbocycles. The SMILES string of the molecule is OC(Cc1ccccn1)C1CC1. The summed E-state index contributed by atoms with van der Waals surface area (Å²) in [5.74, 6) is 0.548. The minimum Gasteiger partial charge on any atom is -0.392 e. The van der Waals surface area contributed by atoms with Crippen LogP contribution in [0.4, 0.5) is 0 Å². The van der Waals surface area contributed by atoms with Crippen LogP contribution < -0.4 is 0 Å². The Labute approximate surface area is 72.3 Å². The zero-order valence-electron chi connectivity index (χ0n) is 6.98. The number of pyridine rings is 1. The van der Waals surface area contributed by atoms with Gasteiger partial charge in [0.05, 0.1) is 6.10 Å². The van der Waals surface area contributed by atoms with Gasteiger partial charge in [-0.05, 0) is 30.9 Å². The van der Waals surface area contributed by atoms with E-state index < -0.39 is 0 Å². The third-order valence-corrected chi connectivity index (χ3v) is 2.31. The molecule has 0 amide bonds. The van der Waals surface area contributed by atoms with Crippen LogP contribution in [-0.4, -0.2) is 16.2 Å². The molecule has 2 nitrogen and oxygen atoms in total. The molecule has 1 aromatic rings. The number of aliphatic hydroxyl groups is 1. The molecule has 0 aromatic carbocycles. The van der Waals surface area contributed by atoms with Crippen LogP contribution in [0.25, 0.3) is 0 Å². The van der Waals surface area contributed by atoms with E-state index in [2.05, 4.69) is 4.98 Å². The van der Waals surface area contributed by atoms with Gasteiger partial charge in [-0.2, -0.15) is 0 Å². The molecule has 1 unspecified atom stereocenters. The van der Waals surface area contributed by atoms with E-state index in [1.807, 2.05) is 18.2 Å². The van der Waals surface area contributed by atoms with Gasteiger partial charge in [0.15, 0.2) is 0 Å². The number of aliphatic hydroxyl groups excluding tert-OH is 1. The summed E-state index contributed by atoms with van der Waals surface area (Å²) in [4.78, 5) is 4.17. The predicted octanol–water partition coefficient (Wildman–Crippen LogP) is 1.39. The highest BCUT2D eigenvalue weighted by atomic mass is 16.3. The van der Waals surface area contributed by atoms with Gasteiger partial charge in [-0.1, -0.05) is 6.07 Å². The first-order valence-electron chi connectivity index (χ1n) is 4.44. The van der Waals surface area contributed by atoms with Gasteiger partial charge in [0.2, 0.25) is 0 Å². The fraction of sp³-hybridized carbons (Fsp3) is 0.500. The van der Waals surface area contributed by atoms with Gasteiger partial charge in [-0.15, -0.1) is 0 Å². The Kier molecular flexibility index (Phi) is 2.09. The van der Waals surface area contributed by atoms with Gasteiger partial charge in [0.1, 0.15) is 0 Å². The second-order valence-corrected chi connectivity index (χ2v) is 3.43. The molecule has 1 aliphatic rings. The Morgan fingerprint density at radius 3 is 2.92 bits per heavy atom. The van der Waals surface area contributed by atoms with Crippen molar-refractivity contribution < 1.29 is 5.11 Å². The molecule has 2 rings (SSSR count). The van der Waals surface area contributed by atoms with Gasteiger partial charge >= 0.3 is 0 Å². The lowest BCUT2D eigenvalue weighted by Crippen LogP contribution is -2.13. The number of nitrogens with zero attached hydrogens (tertiary/aromatic N) is 1. The molecule has 1 N–H and O–H groups in total. The lowest BCUT2D eigenvalue weighted by Gasteiger charge is -2.07. The quantitative estimate of drug-likeness (QED) is 0.730. The van der Waals surface area contributed by atoms with Crippen molar-refractivity contribution in [1.29, 1.82) is 0 Å². The summed E-state index contributed by atoms with van der Waals surface area (Å²) in [6.07, 6.45) is 4.70. The number of aromatic nitrogens is 1. The first kappa shape index (κ1) is 7.74. The molecule has 0 radical (unpaired) electrons. The van der Waals surface area contributed by atoms with Crippen LogP contribution in [0.5, 0.6) is 0 Å². The average Bonchev–Trinajstić information content (AvgIpc) is 2.88. The molecular formula is C10H13NO. The summed E-state index contributed by atoms with van der Waals surface area (Å²) >= 11 is 0. The van der Waals surface area contributed by atoms with Crippen LogP contribution in [0.2, 0.25) is 0 Å². The Balaban J connectivity index is 1.94. The van der Waals surface area contributed by atoms with Crippen LogP contribution in [0.3, 0.4) is 0 Å². The van der Waals surface area contributed by atoms with Gasteiger partial charge < -0.3 is 5.11 Å². The lowest BCUT2D eigenvalue weighted by molar-refractivity contribution is 0.150. The van der Waals surface area contributed by atoms with Gasteiger partial charge in [0, 0.05) is 18.3 Å². The largest absolute Gasteiger partial charge is 0.392 e. The molecule has 12 heavy (non-hydrogen) atoms. The van der Waals surface area contributed by atoms with E-state index in [4.69, 9.17) is 0 Å². The van der Waals surface area contributed by atoms with Crippen molar-refractivity contribution in [3.05, 3.63) is 30.1 Å². The van der Waals surface area contributed by atoms with Crippen LogP contribution in [-0.2, 0) is 6.42 Å². The van der Waals surface area contributed by atoms with Crippen molar-refractivity contribution >= 4 is 0 Å². The van der Waals surface area contributed by atoms with Crippen molar-refractivity contribution in [3.63, 3.8) is 0 Å². The molecule has 1 heterocycles. The van der Waals surface area contributed by atoms with Gasteiger partial charge in [0.25, 0.3) is 0 Å². The molecule has 1 aromatic heterocycles. The fourth-order valence-corrected chi connectivity index (χ4v) is 1.38. The van der Waals surface area contributed by atoms with Crippen LogP contribution >= 0.6 is 0 Å². The molecule has 1 atom stereocenters. The van der Waals surface area contributed by atoms with Crippen molar-refractivity contribution in [2.24, 2.45) is 5.92 Å². The van der Waals surface area contributed by atoms with Crippen LogP contribution in [0.1, 0.15) is 18.5 Å². The monoisotopic (exact) mass is 163 g/mol. The van der Waals surface area contributed by atoms with Gasteiger partial charge in [-0.3, -0.25) is 4.98 Å². The summed E-state index contributed by atoms with van der Waals surface area (Å²) < 4.78 is 0. The summed E-state index contributed by atoms with van der Waals surface area (Å²) in [7, 11) is 0. The van der Waals surface area contributed by atoms with Crippen molar-refractivity contribution in [1.82, 2.24) is 4.98 Å². The first-order valence-corrected chi connectivity index (χ1v) is 4.44. The average molecular weight is 163 g/mol. The van der Waals surface area contributed by atoms with E-state index >= 15 is 0 Å². The molecule has 1 fully saturated rings. The molecule has 0 spiro atoms. The van der Waals surface area contributed by atoms with E-state index in [-0.39, 0.29) is 6.10 Å². The molecule has 64 valence electrons. The van der Waals surface area contributed by atoms with E-state index in [1.54, 1.807) is 6.20 Å². The summed E-state index contributed by atoms with van der Waals surface area (Å²) in [6, 6.07) is 5.82. The maximum absolute atomic E-state index is 9.60. The second-order valence-electron chi connectivity index (χ2n) is 3.43. The van der Waals surface area contributed by atoms with Crippen LogP contribution in [0, 0.1) is 5.92 Å². The zero-order valence-corrected chi connectivity index (χ0v) is 6.98. The first-order chi connectivity index (χ1) is 5.86. The Morgan fingerprint density at radius 1 is 1.50 bits per heavy atom. The normalized spacial score (nSPS) is 19.1. The number of hydrogen-bond acceptors (Lipinski definition) is 2. The maximum Gasteiger partial charge on any atom is 0.0623 e. The minimum atomic E-state index is -0.167. The molecular weight excluding hydrogens is 150 g/mol. The minimum absolute atomic E-state index is 0.167. The lowest BCUT2D eigenvalue weighted by atomic mass is 10.1. The molecule has 0 saturated heterocycles. The smallest absolute Gasteiger partial charge is 0.0623 e. The Bertz CT molecular complexity index is 243. The molecule has 1 saturated carbocycles. The third-order valence-electron chi connectivity index (χ3n) is 2.31. The highest BCUT2D eigenvalue weighted by molar-refractivity contribution is 5.05. The highest BCUT2D eigenvalue weighted by Gasteiger charge is 2.29. The van der Waals surface area contributed by atoms with Crippen molar-refractivity contribution in [2.75, 3.05) is 0 Å². The van der Waals surface area contributed by atoms with Crippen LogP contribution in [0.15, 0.2) is 24.4 Å². The van der Waals surface area contributed by atoms with Gasteiger partial charge in [-0.25, -0.2) is 0 Å². The summed E-state index contributed by atoms with van der Waals surface area (Å²) in [5, 5.41) is 9.60. The van der Waals surface area contributed by atoms with E-state index in [1.165, 1.54) is 12.8 Å². The number of rotatable bonds is 3. The fourth-order valence-electron chi connectivity index (χ4n) is 1.38. The molecule has 0 aliphatic heterocycles. The Hall–Kier alpha value is -0.890. The number of hydrogen-bond donors (Lipinski definition) is 1. The summed E-state index contributed by atoms with van der Waals surface area (Å²) in [6.45, 7) is 0. The van der Waals surface area contributed by atoms with E-state index in [0.717, 1.165) is 5.69 Å². The predicted molar refractivity (Wildman–Crippen MR) is 46.7 cm³/mol. The summed E-state index contributed by atoms with van der Waals surface area (Å²) in [5.41, 5.74) is 0.997. The topological polar surface area (TPSA) is 33.1 Å². The molecule has 0 bridgehead atoms. The standard InChI is InChI=1S/C10H13NO/c12-10(8-4-5-8)7-9-3-1-2-6-11-9/h1-3,6,8,10,12H,4-5,7H2. The van der Waals surface area contributed by atoms with Crippen molar-refractivity contribution in [2.45, 2.75) is 25.4 Å². The van der Waals surface area contributed by atoms with E-state index in [0.29, 0.717) is 12.3 Å². The highest BCUT2D eigenvalue weighted by Crippen LogP contribution is 2.33. The maximum atomic E-state index is 9.60. The molecule has 2 heteroatoms. The second kappa shape index (κ2) is 3.23. The zero-order chi connectivity index (χ0) is 8.39. The van der Waals surface area contributed by atoms with Crippen molar-refractivity contribution in [3.8, 4) is 0 Å². The third kappa shape index (κ3) is 1.83.